The van der Waals surface area contributed by atoms with Gasteiger partial charge in [0.2, 0.25) is 0 Å². The van der Waals surface area contributed by atoms with E-state index in [0.29, 0.717) is 11.9 Å². The van der Waals surface area contributed by atoms with Gasteiger partial charge < -0.3 is 0 Å². The molecule has 5 heteroatoms. The molecule has 0 bridgehead atoms. The van der Waals surface area contributed by atoms with Gasteiger partial charge in [0.25, 0.3) is 5.56 Å². The van der Waals surface area contributed by atoms with Gasteiger partial charge >= 0.3 is 0 Å². The van der Waals surface area contributed by atoms with Crippen LogP contribution in [0.15, 0.2) is 29.3 Å². The molecule has 0 amide bonds. The van der Waals surface area contributed by atoms with Crippen LogP contribution in [0.3, 0.4) is 0 Å². The van der Waals surface area contributed by atoms with Crippen LogP contribution in [-0.2, 0) is 6.54 Å². The van der Waals surface area contributed by atoms with Gasteiger partial charge in [0, 0.05) is 5.69 Å². The molecule has 1 aromatic carbocycles. The first kappa shape index (κ1) is 15.5. The molecule has 120 valence electrons. The Hall–Kier alpha value is -2.43. The molecule has 2 aromatic heterocycles. The summed E-state index contributed by atoms with van der Waals surface area (Å²) in [7, 11) is 0. The first-order valence-corrected chi connectivity index (χ1v) is 7.86. The third kappa shape index (κ3) is 2.67. The summed E-state index contributed by atoms with van der Waals surface area (Å²) < 4.78 is 3.64. The lowest BCUT2D eigenvalue weighted by atomic mass is 10.1. The van der Waals surface area contributed by atoms with Gasteiger partial charge in [-0.05, 0) is 57.9 Å². The molecule has 1 unspecified atom stereocenters. The van der Waals surface area contributed by atoms with Gasteiger partial charge in [-0.25, -0.2) is 4.98 Å². The van der Waals surface area contributed by atoms with Crippen molar-refractivity contribution in [2.24, 2.45) is 0 Å². The quantitative estimate of drug-likeness (QED) is 0.747. The maximum Gasteiger partial charge on any atom is 0.261 e. The van der Waals surface area contributed by atoms with Crippen LogP contribution in [0.1, 0.15) is 35.5 Å². The number of hydrogen-bond donors (Lipinski definition) is 0. The largest absolute Gasteiger partial charge is 0.294 e. The molecule has 0 saturated carbocycles. The van der Waals surface area contributed by atoms with Crippen molar-refractivity contribution in [2.75, 3.05) is 0 Å². The highest BCUT2D eigenvalue weighted by molar-refractivity contribution is 5.81. The zero-order chi connectivity index (χ0) is 16.7. The lowest BCUT2D eigenvalue weighted by molar-refractivity contribution is 0.419. The van der Waals surface area contributed by atoms with Crippen LogP contribution in [-0.4, -0.2) is 19.3 Å². The molecule has 0 aliphatic carbocycles. The lowest BCUT2D eigenvalue weighted by Gasteiger charge is -2.17. The maximum absolute atomic E-state index is 12.8. The molecule has 0 N–H and O–H groups in total. The van der Waals surface area contributed by atoms with Crippen molar-refractivity contribution in [1.82, 2.24) is 19.3 Å². The number of benzene rings is 1. The molecule has 23 heavy (non-hydrogen) atoms. The van der Waals surface area contributed by atoms with E-state index >= 15 is 0 Å². The Morgan fingerprint density at radius 1 is 1.17 bits per heavy atom. The van der Waals surface area contributed by atoms with Crippen molar-refractivity contribution in [3.05, 3.63) is 57.4 Å². The van der Waals surface area contributed by atoms with Crippen molar-refractivity contribution in [1.29, 1.82) is 0 Å². The molecule has 0 fully saturated rings. The summed E-state index contributed by atoms with van der Waals surface area (Å²) in [6, 6.07) is 5.88. The third-order valence-electron chi connectivity index (χ3n) is 4.49. The summed E-state index contributed by atoms with van der Waals surface area (Å²) in [5.74, 6) is 0. The van der Waals surface area contributed by atoms with E-state index in [0.717, 1.165) is 28.0 Å². The smallest absolute Gasteiger partial charge is 0.261 e. The fraction of sp³-hybridized carbons (Fsp3) is 0.389. The Labute approximate surface area is 135 Å². The normalized spacial score (nSPS) is 12.7. The zero-order valence-corrected chi connectivity index (χ0v) is 14.3. The van der Waals surface area contributed by atoms with Gasteiger partial charge in [-0.3, -0.25) is 14.0 Å². The fourth-order valence-electron chi connectivity index (χ4n) is 2.96. The van der Waals surface area contributed by atoms with E-state index in [4.69, 9.17) is 0 Å². The van der Waals surface area contributed by atoms with Crippen molar-refractivity contribution < 1.29 is 0 Å². The van der Waals surface area contributed by atoms with Crippen LogP contribution in [0.25, 0.3) is 10.9 Å². The van der Waals surface area contributed by atoms with Crippen molar-refractivity contribution in [3.8, 4) is 0 Å². The van der Waals surface area contributed by atoms with Crippen molar-refractivity contribution in [3.63, 3.8) is 0 Å². The van der Waals surface area contributed by atoms with E-state index in [1.165, 1.54) is 0 Å². The van der Waals surface area contributed by atoms with Gasteiger partial charge in [0.1, 0.15) is 0 Å². The Balaban J connectivity index is 2.03. The highest BCUT2D eigenvalue weighted by Crippen LogP contribution is 2.17. The van der Waals surface area contributed by atoms with Crippen molar-refractivity contribution >= 4 is 10.9 Å². The fourth-order valence-corrected chi connectivity index (χ4v) is 2.96. The Bertz CT molecular complexity index is 936. The molecular formula is C18H22N4O. The monoisotopic (exact) mass is 310 g/mol. The molecule has 0 aliphatic rings. The lowest BCUT2D eigenvalue weighted by Crippen LogP contribution is -2.27. The van der Waals surface area contributed by atoms with Gasteiger partial charge in [0.05, 0.1) is 35.5 Å². The average Bonchev–Trinajstić information content (AvgIpc) is 2.81. The summed E-state index contributed by atoms with van der Waals surface area (Å²) in [6.45, 7) is 10.7. The Kier molecular flexibility index (Phi) is 3.80. The summed E-state index contributed by atoms with van der Waals surface area (Å²) in [6.07, 6.45) is 1.66. The van der Waals surface area contributed by atoms with Crippen LogP contribution < -0.4 is 5.56 Å². The summed E-state index contributed by atoms with van der Waals surface area (Å²) in [5, 5.41) is 5.15. The average molecular weight is 310 g/mol. The van der Waals surface area contributed by atoms with Crippen LogP contribution in [0.5, 0.6) is 0 Å². The molecule has 0 aliphatic heterocycles. The topological polar surface area (TPSA) is 52.7 Å². The number of fused-ring (bicyclic) bond motifs is 1. The summed E-state index contributed by atoms with van der Waals surface area (Å²) in [4.78, 5) is 17.3. The van der Waals surface area contributed by atoms with Crippen LogP contribution >= 0.6 is 0 Å². The Morgan fingerprint density at radius 2 is 1.91 bits per heavy atom. The third-order valence-corrected chi connectivity index (χ3v) is 4.49. The van der Waals surface area contributed by atoms with E-state index in [-0.39, 0.29) is 11.6 Å². The van der Waals surface area contributed by atoms with Crippen LogP contribution in [0, 0.1) is 27.7 Å². The van der Waals surface area contributed by atoms with Crippen molar-refractivity contribution in [2.45, 2.75) is 47.2 Å². The van der Waals surface area contributed by atoms with E-state index in [9.17, 15) is 4.79 Å². The van der Waals surface area contributed by atoms with Crippen LogP contribution in [0.2, 0.25) is 0 Å². The molecular weight excluding hydrogens is 288 g/mol. The second-order valence-electron chi connectivity index (χ2n) is 6.32. The highest BCUT2D eigenvalue weighted by Gasteiger charge is 2.14. The zero-order valence-electron chi connectivity index (χ0n) is 14.3. The van der Waals surface area contributed by atoms with E-state index in [1.54, 1.807) is 10.9 Å². The summed E-state index contributed by atoms with van der Waals surface area (Å²) >= 11 is 0. The van der Waals surface area contributed by atoms with Gasteiger partial charge in [-0.2, -0.15) is 5.10 Å². The SMILES string of the molecule is Cc1cc(C)n(CC(C)n2cnc3c(C)c(C)ccc3c2=O)n1. The highest BCUT2D eigenvalue weighted by atomic mass is 16.1. The molecule has 5 nitrogen and oxygen atoms in total. The second kappa shape index (κ2) is 5.65. The number of aromatic nitrogens is 4. The number of nitrogens with zero attached hydrogens (tertiary/aromatic N) is 4. The van der Waals surface area contributed by atoms with Gasteiger partial charge in [-0.15, -0.1) is 0 Å². The minimum atomic E-state index is -0.0148. The predicted molar refractivity (Wildman–Crippen MR) is 91.9 cm³/mol. The molecule has 3 aromatic rings. The molecule has 2 heterocycles. The summed E-state index contributed by atoms with van der Waals surface area (Å²) in [5.41, 5.74) is 5.11. The number of hydrogen-bond acceptors (Lipinski definition) is 3. The van der Waals surface area contributed by atoms with Gasteiger partial charge in [-0.1, -0.05) is 6.07 Å². The van der Waals surface area contributed by atoms with E-state index in [1.807, 2.05) is 57.5 Å². The molecule has 3 rings (SSSR count). The minimum absolute atomic E-state index is 0.00660. The molecule has 0 radical (unpaired) electrons. The predicted octanol–water partition coefficient (Wildman–Crippen LogP) is 3.09. The van der Waals surface area contributed by atoms with Gasteiger partial charge in [0.15, 0.2) is 0 Å². The first-order valence-electron chi connectivity index (χ1n) is 7.86. The van der Waals surface area contributed by atoms with Crippen LogP contribution in [0.4, 0.5) is 0 Å². The molecule has 0 saturated heterocycles. The Morgan fingerprint density at radius 3 is 2.57 bits per heavy atom. The second-order valence-corrected chi connectivity index (χ2v) is 6.32. The van der Waals surface area contributed by atoms with E-state index in [2.05, 4.69) is 10.1 Å². The molecule has 0 spiro atoms. The van der Waals surface area contributed by atoms with E-state index < -0.39 is 0 Å². The molecule has 1 atom stereocenters. The standard InChI is InChI=1S/C18H22N4O/c1-11-6-7-16-17(15(11)5)19-10-21(18(16)23)14(4)9-22-13(3)8-12(2)20-22/h6-8,10,14H,9H2,1-5H3. The number of rotatable bonds is 3. The maximum atomic E-state index is 12.8. The minimum Gasteiger partial charge on any atom is -0.294 e. The number of aryl methyl sites for hydroxylation is 4. The first-order chi connectivity index (χ1) is 10.9.